The minimum absolute atomic E-state index is 0.0420. The van der Waals surface area contributed by atoms with Crippen LogP contribution in [-0.4, -0.2) is 32.9 Å². The van der Waals surface area contributed by atoms with Gasteiger partial charge in [0.1, 0.15) is 10.6 Å². The molecule has 2 heterocycles. The van der Waals surface area contributed by atoms with Crippen molar-refractivity contribution in [1.82, 2.24) is 9.97 Å². The molecule has 0 aliphatic rings. The molecule has 33 heavy (non-hydrogen) atoms. The molecule has 0 atom stereocenters. The van der Waals surface area contributed by atoms with E-state index in [1.54, 1.807) is 36.4 Å². The number of rotatable bonds is 7. The number of ether oxygens (including phenoxy) is 1. The summed E-state index contributed by atoms with van der Waals surface area (Å²) >= 11 is 0.914. The van der Waals surface area contributed by atoms with Crippen LogP contribution in [0, 0.1) is 20.2 Å². The lowest BCUT2D eigenvalue weighted by Gasteiger charge is -2.09. The first-order valence-electron chi connectivity index (χ1n) is 9.47. The van der Waals surface area contributed by atoms with E-state index in [-0.39, 0.29) is 17.2 Å². The van der Waals surface area contributed by atoms with Gasteiger partial charge in [0.15, 0.2) is 5.82 Å². The second-order valence-electron chi connectivity index (χ2n) is 6.81. The van der Waals surface area contributed by atoms with Crippen molar-refractivity contribution in [1.29, 1.82) is 0 Å². The van der Waals surface area contributed by atoms with E-state index in [0.29, 0.717) is 38.5 Å². The molecule has 0 aliphatic carbocycles. The fourth-order valence-corrected chi connectivity index (χ4v) is 3.95. The summed E-state index contributed by atoms with van der Waals surface area (Å²) in [6.45, 7) is 0.207. The van der Waals surface area contributed by atoms with E-state index >= 15 is 0 Å². The number of benzene rings is 2. The molecule has 166 valence electrons. The molecule has 12 heteroatoms. The van der Waals surface area contributed by atoms with Crippen LogP contribution in [0.15, 0.2) is 54.6 Å². The number of carbonyl (C=O) groups is 1. The average molecular weight is 465 g/mol. The van der Waals surface area contributed by atoms with Crippen molar-refractivity contribution in [2.45, 2.75) is 6.54 Å². The van der Waals surface area contributed by atoms with E-state index < -0.39 is 15.8 Å². The lowest BCUT2D eigenvalue weighted by molar-refractivity contribution is -0.384. The van der Waals surface area contributed by atoms with Crippen molar-refractivity contribution in [3.05, 3.63) is 86.0 Å². The Morgan fingerprint density at radius 2 is 1.82 bits per heavy atom. The van der Waals surface area contributed by atoms with Crippen LogP contribution in [0.3, 0.4) is 0 Å². The summed E-state index contributed by atoms with van der Waals surface area (Å²) in [4.78, 5) is 42.4. The number of nitrogens with one attached hydrogen (secondary N) is 1. The van der Waals surface area contributed by atoms with Gasteiger partial charge in [0.05, 0.1) is 27.9 Å². The van der Waals surface area contributed by atoms with Gasteiger partial charge in [-0.3, -0.25) is 20.2 Å². The third-order valence-corrected chi connectivity index (χ3v) is 5.69. The van der Waals surface area contributed by atoms with Gasteiger partial charge in [-0.15, -0.1) is 0 Å². The third kappa shape index (κ3) is 4.60. The molecule has 0 unspecified atom stereocenters. The summed E-state index contributed by atoms with van der Waals surface area (Å²) in [5, 5.41) is 25.8. The minimum atomic E-state index is -0.499. The zero-order valence-electron chi connectivity index (χ0n) is 17.0. The normalized spacial score (nSPS) is 10.7. The van der Waals surface area contributed by atoms with Gasteiger partial charge in [0, 0.05) is 30.3 Å². The Morgan fingerprint density at radius 3 is 2.48 bits per heavy atom. The number of nitrogens with zero attached hydrogens (tertiary/aromatic N) is 4. The van der Waals surface area contributed by atoms with E-state index in [1.165, 1.54) is 25.3 Å². The molecule has 0 bridgehead atoms. The molecule has 1 N–H and O–H groups in total. The molecule has 0 saturated carbocycles. The number of thiophene rings is 1. The standard InChI is InChI=1S/C21H15N5O6S/c1-32-21(27)14-7-5-13(6-8-14)18-23-19(16-10-17(26(30)31)33-20(16)24-18)22-11-12-3-2-4-15(9-12)25(28)29/h2-10H,11H2,1H3,(H,22,23,24). The van der Waals surface area contributed by atoms with E-state index in [9.17, 15) is 25.0 Å². The second-order valence-corrected chi connectivity index (χ2v) is 7.81. The van der Waals surface area contributed by atoms with Crippen molar-refractivity contribution in [2.24, 2.45) is 0 Å². The summed E-state index contributed by atoms with van der Waals surface area (Å²) in [5.41, 5.74) is 1.56. The summed E-state index contributed by atoms with van der Waals surface area (Å²) in [5.74, 6) is 0.172. The molecule has 0 fully saturated rings. The number of nitro groups is 2. The Labute approximate surface area is 190 Å². The molecule has 4 aromatic rings. The number of esters is 1. The van der Waals surface area contributed by atoms with Crippen molar-refractivity contribution in [3.8, 4) is 11.4 Å². The number of hydrogen-bond donors (Lipinski definition) is 1. The zero-order chi connectivity index (χ0) is 23.5. The fraction of sp³-hybridized carbons (Fsp3) is 0.0952. The first-order valence-corrected chi connectivity index (χ1v) is 10.3. The largest absolute Gasteiger partial charge is 0.465 e. The van der Waals surface area contributed by atoms with Gasteiger partial charge in [-0.2, -0.15) is 0 Å². The number of methoxy groups -OCH3 is 1. The maximum absolute atomic E-state index is 11.7. The molecule has 0 spiro atoms. The third-order valence-electron chi connectivity index (χ3n) is 4.71. The van der Waals surface area contributed by atoms with Crippen LogP contribution >= 0.6 is 11.3 Å². The smallest absolute Gasteiger partial charge is 0.337 e. The summed E-state index contributed by atoms with van der Waals surface area (Å²) in [6.07, 6.45) is 0. The number of non-ortho nitro benzene ring substituents is 1. The van der Waals surface area contributed by atoms with Gasteiger partial charge >= 0.3 is 11.0 Å². The number of anilines is 1. The Kier molecular flexibility index (Phi) is 5.91. The minimum Gasteiger partial charge on any atom is -0.465 e. The monoisotopic (exact) mass is 465 g/mol. The van der Waals surface area contributed by atoms with Crippen LogP contribution in [-0.2, 0) is 11.3 Å². The van der Waals surface area contributed by atoms with Crippen molar-refractivity contribution in [2.75, 3.05) is 12.4 Å². The molecular formula is C21H15N5O6S. The molecule has 4 rings (SSSR count). The van der Waals surface area contributed by atoms with E-state index in [1.807, 2.05) is 0 Å². The van der Waals surface area contributed by atoms with Crippen LogP contribution in [0.25, 0.3) is 21.6 Å². The average Bonchev–Trinajstić information content (AvgIpc) is 3.27. The van der Waals surface area contributed by atoms with Gasteiger partial charge < -0.3 is 10.1 Å². The van der Waals surface area contributed by atoms with E-state index in [4.69, 9.17) is 4.74 Å². The lowest BCUT2D eigenvalue weighted by atomic mass is 10.1. The number of fused-ring (bicyclic) bond motifs is 1. The predicted molar refractivity (Wildman–Crippen MR) is 121 cm³/mol. The Balaban J connectivity index is 1.72. The molecule has 0 amide bonds. The van der Waals surface area contributed by atoms with Crippen LogP contribution in [0.5, 0.6) is 0 Å². The highest BCUT2D eigenvalue weighted by molar-refractivity contribution is 7.21. The molecule has 0 saturated heterocycles. The second kappa shape index (κ2) is 8.96. The Morgan fingerprint density at radius 1 is 1.06 bits per heavy atom. The number of aromatic nitrogens is 2. The van der Waals surface area contributed by atoms with Crippen LogP contribution in [0.1, 0.15) is 15.9 Å². The van der Waals surface area contributed by atoms with Crippen LogP contribution in [0.2, 0.25) is 0 Å². The fourth-order valence-electron chi connectivity index (χ4n) is 3.10. The maximum atomic E-state index is 11.7. The number of carbonyl (C=O) groups excluding carboxylic acids is 1. The van der Waals surface area contributed by atoms with Gasteiger partial charge in [-0.05, 0) is 29.0 Å². The van der Waals surface area contributed by atoms with Crippen LogP contribution in [0.4, 0.5) is 16.5 Å². The first kappa shape index (κ1) is 21.8. The van der Waals surface area contributed by atoms with Crippen molar-refractivity contribution < 1.29 is 19.4 Å². The number of nitro benzene ring substituents is 1. The van der Waals surface area contributed by atoms with Crippen molar-refractivity contribution in [3.63, 3.8) is 0 Å². The van der Waals surface area contributed by atoms with Gasteiger partial charge in [0.25, 0.3) is 5.69 Å². The lowest BCUT2D eigenvalue weighted by Crippen LogP contribution is -2.04. The van der Waals surface area contributed by atoms with Crippen LogP contribution < -0.4 is 5.32 Å². The first-order chi connectivity index (χ1) is 15.9. The Hall–Kier alpha value is -4.45. The topological polar surface area (TPSA) is 150 Å². The summed E-state index contributed by atoms with van der Waals surface area (Å²) in [6, 6.07) is 14.0. The predicted octanol–water partition coefficient (Wildman–Crippen LogP) is 4.57. The Bertz CT molecular complexity index is 1390. The quantitative estimate of drug-likeness (QED) is 0.235. The molecular weight excluding hydrogens is 450 g/mol. The van der Waals surface area contributed by atoms with Gasteiger partial charge in [-0.1, -0.05) is 24.3 Å². The SMILES string of the molecule is COC(=O)c1ccc(-c2nc(NCc3cccc([N+](=O)[O-])c3)c3cc([N+](=O)[O-])sc3n2)cc1. The summed E-state index contributed by atoms with van der Waals surface area (Å²) < 4.78 is 4.70. The van der Waals surface area contributed by atoms with Gasteiger partial charge in [-0.25, -0.2) is 14.8 Å². The molecule has 2 aromatic carbocycles. The maximum Gasteiger partial charge on any atom is 0.337 e. The highest BCUT2D eigenvalue weighted by Crippen LogP contribution is 2.35. The molecule has 0 radical (unpaired) electrons. The highest BCUT2D eigenvalue weighted by atomic mass is 32.1. The molecule has 0 aliphatic heterocycles. The van der Waals surface area contributed by atoms with E-state index in [2.05, 4.69) is 15.3 Å². The molecule has 2 aromatic heterocycles. The van der Waals surface area contributed by atoms with E-state index in [0.717, 1.165) is 11.3 Å². The zero-order valence-corrected chi connectivity index (χ0v) is 17.9. The van der Waals surface area contributed by atoms with Crippen molar-refractivity contribution >= 4 is 44.0 Å². The summed E-state index contributed by atoms with van der Waals surface area (Å²) in [7, 11) is 1.29. The highest BCUT2D eigenvalue weighted by Gasteiger charge is 2.19. The number of hydrogen-bond acceptors (Lipinski definition) is 10. The van der Waals surface area contributed by atoms with Gasteiger partial charge in [0.2, 0.25) is 0 Å². The molecule has 11 nitrogen and oxygen atoms in total.